The Morgan fingerprint density at radius 1 is 1.24 bits per heavy atom. The van der Waals surface area contributed by atoms with Crippen LogP contribution in [0.15, 0.2) is 42.6 Å². The van der Waals surface area contributed by atoms with E-state index in [4.69, 9.17) is 5.73 Å². The van der Waals surface area contributed by atoms with Crippen LogP contribution in [-0.4, -0.2) is 4.98 Å². The smallest absolute Gasteiger partial charge is 0.0577 e. The second-order valence-corrected chi connectivity index (χ2v) is 5.44. The Bertz CT molecular complexity index is 494. The van der Waals surface area contributed by atoms with Crippen LogP contribution >= 0.6 is 22.6 Å². The lowest BCUT2D eigenvalue weighted by Crippen LogP contribution is -2.15. The number of benzene rings is 1. The van der Waals surface area contributed by atoms with Gasteiger partial charge < -0.3 is 5.73 Å². The van der Waals surface area contributed by atoms with Gasteiger partial charge in [0.15, 0.2) is 0 Å². The van der Waals surface area contributed by atoms with Crippen molar-refractivity contribution in [3.05, 3.63) is 63.0 Å². The van der Waals surface area contributed by atoms with Gasteiger partial charge in [-0.15, -0.1) is 0 Å². The Morgan fingerprint density at radius 2 is 1.94 bits per heavy atom. The largest absolute Gasteiger partial charge is 0.322 e. The Balaban J connectivity index is 2.11. The second-order valence-electron chi connectivity index (χ2n) is 4.20. The Morgan fingerprint density at radius 3 is 2.59 bits per heavy atom. The maximum absolute atomic E-state index is 6.17. The molecule has 17 heavy (non-hydrogen) atoms. The van der Waals surface area contributed by atoms with Gasteiger partial charge in [-0.3, -0.25) is 4.98 Å². The van der Waals surface area contributed by atoms with E-state index in [1.165, 1.54) is 14.7 Å². The maximum Gasteiger partial charge on any atom is 0.0577 e. The molecule has 0 saturated heterocycles. The average molecular weight is 338 g/mol. The zero-order valence-electron chi connectivity index (χ0n) is 9.73. The van der Waals surface area contributed by atoms with Crippen molar-refractivity contribution in [3.63, 3.8) is 0 Å². The molecule has 1 unspecified atom stereocenters. The molecule has 2 aromatic rings. The SMILES string of the molecule is Cc1ccnc(C(N)Cc2ccc(I)cc2)c1. The summed E-state index contributed by atoms with van der Waals surface area (Å²) in [4.78, 5) is 4.33. The molecular weight excluding hydrogens is 323 g/mol. The number of rotatable bonds is 3. The molecule has 88 valence electrons. The molecule has 0 aliphatic heterocycles. The van der Waals surface area contributed by atoms with Gasteiger partial charge in [-0.05, 0) is 71.3 Å². The highest BCUT2D eigenvalue weighted by Crippen LogP contribution is 2.16. The molecule has 0 aliphatic carbocycles. The summed E-state index contributed by atoms with van der Waals surface area (Å²) in [5, 5.41) is 0. The van der Waals surface area contributed by atoms with Crippen LogP contribution < -0.4 is 5.73 Å². The molecule has 0 amide bonds. The minimum absolute atomic E-state index is 0.0324. The van der Waals surface area contributed by atoms with Crippen LogP contribution in [0, 0.1) is 10.5 Å². The lowest BCUT2D eigenvalue weighted by Gasteiger charge is -2.11. The van der Waals surface area contributed by atoms with Crippen LogP contribution in [0.2, 0.25) is 0 Å². The number of nitrogens with zero attached hydrogens (tertiary/aromatic N) is 1. The minimum atomic E-state index is -0.0324. The summed E-state index contributed by atoms with van der Waals surface area (Å²) in [6, 6.07) is 12.5. The topological polar surface area (TPSA) is 38.9 Å². The quantitative estimate of drug-likeness (QED) is 0.873. The predicted octanol–water partition coefficient (Wildman–Crippen LogP) is 3.24. The Hall–Kier alpha value is -0.940. The molecule has 3 heteroatoms. The molecule has 2 rings (SSSR count). The van der Waals surface area contributed by atoms with E-state index in [0.29, 0.717) is 0 Å². The predicted molar refractivity (Wildman–Crippen MR) is 78.8 cm³/mol. The van der Waals surface area contributed by atoms with Crippen molar-refractivity contribution in [1.82, 2.24) is 4.98 Å². The summed E-state index contributed by atoms with van der Waals surface area (Å²) < 4.78 is 1.24. The van der Waals surface area contributed by atoms with E-state index >= 15 is 0 Å². The number of pyridine rings is 1. The van der Waals surface area contributed by atoms with Gasteiger partial charge >= 0.3 is 0 Å². The van der Waals surface area contributed by atoms with Crippen LogP contribution in [0.4, 0.5) is 0 Å². The van der Waals surface area contributed by atoms with Gasteiger partial charge in [-0.1, -0.05) is 12.1 Å². The van der Waals surface area contributed by atoms with Crippen LogP contribution in [0.1, 0.15) is 22.9 Å². The summed E-state index contributed by atoms with van der Waals surface area (Å²) in [6.07, 6.45) is 2.64. The maximum atomic E-state index is 6.17. The molecule has 1 aromatic carbocycles. The van der Waals surface area contributed by atoms with E-state index in [1.54, 1.807) is 0 Å². The molecule has 0 fully saturated rings. The fourth-order valence-electron chi connectivity index (χ4n) is 1.74. The summed E-state index contributed by atoms with van der Waals surface area (Å²) >= 11 is 2.30. The van der Waals surface area contributed by atoms with E-state index < -0.39 is 0 Å². The van der Waals surface area contributed by atoms with E-state index in [1.807, 2.05) is 12.3 Å². The zero-order valence-corrected chi connectivity index (χ0v) is 11.9. The van der Waals surface area contributed by atoms with Crippen molar-refractivity contribution in [2.75, 3.05) is 0 Å². The zero-order chi connectivity index (χ0) is 12.3. The molecule has 2 nitrogen and oxygen atoms in total. The third-order valence-corrected chi connectivity index (χ3v) is 3.40. The normalized spacial score (nSPS) is 12.4. The molecule has 1 heterocycles. The number of hydrogen-bond donors (Lipinski definition) is 1. The van der Waals surface area contributed by atoms with Gasteiger partial charge in [-0.2, -0.15) is 0 Å². The summed E-state index contributed by atoms with van der Waals surface area (Å²) in [5.74, 6) is 0. The highest BCUT2D eigenvalue weighted by Gasteiger charge is 2.08. The first-order valence-electron chi connectivity index (χ1n) is 5.58. The lowest BCUT2D eigenvalue weighted by molar-refractivity contribution is 0.695. The minimum Gasteiger partial charge on any atom is -0.322 e. The fraction of sp³-hybridized carbons (Fsp3) is 0.214. The molecule has 2 N–H and O–H groups in total. The molecule has 0 saturated carbocycles. The van der Waals surface area contributed by atoms with E-state index in [-0.39, 0.29) is 6.04 Å². The molecule has 0 aliphatic rings. The van der Waals surface area contributed by atoms with Crippen molar-refractivity contribution < 1.29 is 0 Å². The third-order valence-electron chi connectivity index (χ3n) is 2.69. The van der Waals surface area contributed by atoms with Crippen molar-refractivity contribution in [2.24, 2.45) is 5.73 Å². The van der Waals surface area contributed by atoms with Gasteiger partial charge in [0.1, 0.15) is 0 Å². The monoisotopic (exact) mass is 338 g/mol. The van der Waals surface area contributed by atoms with Crippen molar-refractivity contribution in [1.29, 1.82) is 0 Å². The first kappa shape index (κ1) is 12.5. The number of hydrogen-bond acceptors (Lipinski definition) is 2. The molecule has 0 bridgehead atoms. The highest BCUT2D eigenvalue weighted by atomic mass is 127. The lowest BCUT2D eigenvalue weighted by atomic mass is 10.0. The molecular formula is C14H15IN2. The van der Waals surface area contributed by atoms with Gasteiger partial charge in [-0.25, -0.2) is 0 Å². The van der Waals surface area contributed by atoms with Crippen molar-refractivity contribution in [3.8, 4) is 0 Å². The summed E-state index contributed by atoms with van der Waals surface area (Å²) in [7, 11) is 0. The number of aromatic nitrogens is 1. The van der Waals surface area contributed by atoms with Gasteiger partial charge in [0.05, 0.1) is 11.7 Å². The number of nitrogens with two attached hydrogens (primary N) is 1. The van der Waals surface area contributed by atoms with E-state index in [0.717, 1.165) is 12.1 Å². The standard InChI is InChI=1S/C14H15IN2/c1-10-6-7-17-14(8-10)13(16)9-11-2-4-12(15)5-3-11/h2-8,13H,9,16H2,1H3. The highest BCUT2D eigenvalue weighted by molar-refractivity contribution is 14.1. The summed E-state index contributed by atoms with van der Waals surface area (Å²) in [5.41, 5.74) is 9.58. The van der Waals surface area contributed by atoms with E-state index in [9.17, 15) is 0 Å². The first-order valence-corrected chi connectivity index (χ1v) is 6.65. The molecule has 1 atom stereocenters. The van der Waals surface area contributed by atoms with Crippen molar-refractivity contribution >= 4 is 22.6 Å². The Kier molecular flexibility index (Phi) is 4.12. The van der Waals surface area contributed by atoms with Gasteiger partial charge in [0.25, 0.3) is 0 Å². The summed E-state index contributed by atoms with van der Waals surface area (Å²) in [6.45, 7) is 2.06. The molecule has 0 radical (unpaired) electrons. The molecule has 0 spiro atoms. The fourth-order valence-corrected chi connectivity index (χ4v) is 2.10. The number of aryl methyl sites for hydroxylation is 1. The van der Waals surface area contributed by atoms with Crippen molar-refractivity contribution in [2.45, 2.75) is 19.4 Å². The van der Waals surface area contributed by atoms with Gasteiger partial charge in [0, 0.05) is 9.77 Å². The second kappa shape index (κ2) is 5.60. The van der Waals surface area contributed by atoms with Gasteiger partial charge in [0.2, 0.25) is 0 Å². The molecule has 1 aromatic heterocycles. The first-order chi connectivity index (χ1) is 8.15. The number of halogens is 1. The van der Waals surface area contributed by atoms with E-state index in [2.05, 4.69) is 64.8 Å². The van der Waals surface area contributed by atoms with Crippen LogP contribution in [0.3, 0.4) is 0 Å². The Labute approximate surface area is 115 Å². The van der Waals surface area contributed by atoms with Crippen LogP contribution in [0.5, 0.6) is 0 Å². The third kappa shape index (κ3) is 3.51. The van der Waals surface area contributed by atoms with Crippen LogP contribution in [-0.2, 0) is 6.42 Å². The average Bonchev–Trinajstić information content (AvgIpc) is 2.32. The van der Waals surface area contributed by atoms with Crippen LogP contribution in [0.25, 0.3) is 0 Å².